The molecule has 1 saturated heterocycles. The van der Waals surface area contributed by atoms with Crippen LogP contribution in [0, 0.1) is 5.92 Å². The Morgan fingerprint density at radius 3 is 2.65 bits per heavy atom. The van der Waals surface area contributed by atoms with E-state index in [0.717, 1.165) is 77.3 Å². The average molecular weight is 470 g/mol. The Kier molecular flexibility index (Phi) is 12.0. The zero-order valence-corrected chi connectivity index (χ0v) is 21.6. The average Bonchev–Trinajstić information content (AvgIpc) is 2.87. The molecule has 1 heterocycles. The van der Waals surface area contributed by atoms with Crippen molar-refractivity contribution < 1.29 is 9.53 Å². The lowest BCUT2D eigenvalue weighted by Crippen LogP contribution is -2.50. The Morgan fingerprint density at radius 2 is 1.91 bits per heavy atom. The highest BCUT2D eigenvalue weighted by Crippen LogP contribution is 2.30. The molecule has 1 aliphatic carbocycles. The molecule has 1 aromatic rings. The van der Waals surface area contributed by atoms with Gasteiger partial charge in [-0.3, -0.25) is 0 Å². The van der Waals surface area contributed by atoms with Gasteiger partial charge >= 0.3 is 6.03 Å². The predicted octanol–water partition coefficient (Wildman–Crippen LogP) is 6.01. The van der Waals surface area contributed by atoms with Crippen LogP contribution < -0.4 is 10.6 Å². The van der Waals surface area contributed by atoms with Crippen LogP contribution in [0.3, 0.4) is 0 Å². The van der Waals surface area contributed by atoms with E-state index in [4.69, 9.17) is 4.74 Å². The van der Waals surface area contributed by atoms with Gasteiger partial charge in [-0.25, -0.2) is 4.79 Å². The molecule has 5 heteroatoms. The molecule has 2 fully saturated rings. The maximum atomic E-state index is 13.3. The third-order valence-corrected chi connectivity index (χ3v) is 7.41. The first-order chi connectivity index (χ1) is 16.7. The van der Waals surface area contributed by atoms with Gasteiger partial charge in [-0.05, 0) is 75.1 Å². The van der Waals surface area contributed by atoms with E-state index in [2.05, 4.69) is 47.9 Å². The summed E-state index contributed by atoms with van der Waals surface area (Å²) < 4.78 is 5.54. The predicted molar refractivity (Wildman–Crippen MR) is 142 cm³/mol. The molecular weight excluding hydrogens is 422 g/mol. The summed E-state index contributed by atoms with van der Waals surface area (Å²) in [6, 6.07) is 11.1. The van der Waals surface area contributed by atoms with Gasteiger partial charge in [0.15, 0.2) is 0 Å². The van der Waals surface area contributed by atoms with Gasteiger partial charge in [-0.1, -0.05) is 62.4 Å². The molecule has 1 saturated carbocycles. The van der Waals surface area contributed by atoms with Crippen molar-refractivity contribution in [2.24, 2.45) is 5.92 Å². The Bertz CT molecular complexity index is 743. The first-order valence-electron chi connectivity index (χ1n) is 13.7. The van der Waals surface area contributed by atoms with Gasteiger partial charge < -0.3 is 20.3 Å². The third-order valence-electron chi connectivity index (χ3n) is 7.41. The maximum absolute atomic E-state index is 13.3. The molecule has 0 unspecified atom stereocenters. The van der Waals surface area contributed by atoms with Crippen molar-refractivity contribution in [3.8, 4) is 0 Å². The Balaban J connectivity index is 1.64. The monoisotopic (exact) mass is 469 g/mol. The summed E-state index contributed by atoms with van der Waals surface area (Å²) in [5.74, 6) is 0.755. The minimum absolute atomic E-state index is 0.108. The van der Waals surface area contributed by atoms with Crippen LogP contribution in [-0.2, 0) is 4.74 Å². The molecule has 2 N–H and O–H groups in total. The summed E-state index contributed by atoms with van der Waals surface area (Å²) >= 11 is 0. The molecule has 2 amide bonds. The SMILES string of the molecule is CCOCCCC/C(=C1/CCCN(C(=O)N[C@H](CNC)CC2CCCCC2)C1)c1ccccc1. The number of piperidine rings is 1. The van der Waals surface area contributed by atoms with Crippen molar-refractivity contribution in [3.05, 3.63) is 41.5 Å². The Morgan fingerprint density at radius 1 is 1.12 bits per heavy atom. The normalized spacial score (nSPS) is 19.6. The van der Waals surface area contributed by atoms with Gasteiger partial charge in [0.2, 0.25) is 0 Å². The summed E-state index contributed by atoms with van der Waals surface area (Å²) in [5, 5.41) is 6.68. The number of unbranched alkanes of at least 4 members (excludes halogenated alkanes) is 1. The summed E-state index contributed by atoms with van der Waals surface area (Å²) in [7, 11) is 1.99. The van der Waals surface area contributed by atoms with Crippen molar-refractivity contribution in [1.82, 2.24) is 15.5 Å². The number of nitrogens with one attached hydrogen (secondary N) is 2. The molecule has 3 rings (SSSR count). The second-order valence-electron chi connectivity index (χ2n) is 10.1. The lowest BCUT2D eigenvalue weighted by atomic mass is 9.85. The largest absolute Gasteiger partial charge is 0.382 e. The van der Waals surface area contributed by atoms with Crippen LogP contribution in [0.5, 0.6) is 0 Å². The number of carbonyl (C=O) groups excluding carboxylic acids is 1. The minimum Gasteiger partial charge on any atom is -0.382 e. The quantitative estimate of drug-likeness (QED) is 0.369. The molecule has 2 aliphatic rings. The fourth-order valence-electron chi connectivity index (χ4n) is 5.64. The van der Waals surface area contributed by atoms with Crippen molar-refractivity contribution in [2.45, 2.75) is 83.6 Å². The van der Waals surface area contributed by atoms with Gasteiger partial charge in [0, 0.05) is 38.9 Å². The number of hydrogen-bond acceptors (Lipinski definition) is 3. The molecule has 34 heavy (non-hydrogen) atoms. The molecule has 0 radical (unpaired) electrons. The zero-order chi connectivity index (χ0) is 24.0. The third kappa shape index (κ3) is 8.74. The van der Waals surface area contributed by atoms with E-state index in [0.29, 0.717) is 0 Å². The number of urea groups is 1. The lowest BCUT2D eigenvalue weighted by Gasteiger charge is -2.33. The Labute approximate surface area is 207 Å². The minimum atomic E-state index is 0.108. The number of likely N-dealkylation sites (tertiary alicyclic amines) is 1. The van der Waals surface area contributed by atoms with E-state index in [1.807, 2.05) is 11.9 Å². The first kappa shape index (κ1) is 26.7. The highest BCUT2D eigenvalue weighted by atomic mass is 16.5. The van der Waals surface area contributed by atoms with Crippen LogP contribution in [0.4, 0.5) is 4.79 Å². The molecule has 0 aromatic heterocycles. The van der Waals surface area contributed by atoms with Gasteiger partial charge in [-0.2, -0.15) is 0 Å². The smallest absolute Gasteiger partial charge is 0.317 e. The Hall–Kier alpha value is -1.85. The number of amides is 2. The van der Waals surface area contributed by atoms with Crippen molar-refractivity contribution >= 4 is 11.6 Å². The van der Waals surface area contributed by atoms with E-state index >= 15 is 0 Å². The first-order valence-corrected chi connectivity index (χ1v) is 13.7. The summed E-state index contributed by atoms with van der Waals surface area (Å²) in [6.45, 7) is 6.10. The molecule has 1 atom stereocenters. The summed E-state index contributed by atoms with van der Waals surface area (Å²) in [5.41, 5.74) is 4.17. The molecule has 190 valence electrons. The van der Waals surface area contributed by atoms with E-state index in [9.17, 15) is 4.79 Å². The van der Waals surface area contributed by atoms with Crippen molar-refractivity contribution in [1.29, 1.82) is 0 Å². The number of nitrogens with zero attached hydrogens (tertiary/aromatic N) is 1. The number of ether oxygens (including phenoxy) is 1. The van der Waals surface area contributed by atoms with Gasteiger partial charge in [0.25, 0.3) is 0 Å². The second kappa shape index (κ2) is 15.2. The fourth-order valence-corrected chi connectivity index (χ4v) is 5.64. The molecule has 0 spiro atoms. The maximum Gasteiger partial charge on any atom is 0.317 e. The van der Waals surface area contributed by atoms with Crippen LogP contribution in [-0.4, -0.2) is 56.9 Å². The molecule has 1 aliphatic heterocycles. The van der Waals surface area contributed by atoms with Crippen molar-refractivity contribution in [2.75, 3.05) is 39.9 Å². The van der Waals surface area contributed by atoms with Crippen LogP contribution in [0.15, 0.2) is 35.9 Å². The summed E-state index contributed by atoms with van der Waals surface area (Å²) in [6.07, 6.45) is 13.2. The van der Waals surface area contributed by atoms with Gasteiger partial charge in [0.1, 0.15) is 0 Å². The number of hydrogen-bond donors (Lipinski definition) is 2. The summed E-state index contributed by atoms with van der Waals surface area (Å²) in [4.78, 5) is 15.4. The van der Waals surface area contributed by atoms with Gasteiger partial charge in [-0.15, -0.1) is 0 Å². The number of allylic oxidation sites excluding steroid dienone is 1. The second-order valence-corrected chi connectivity index (χ2v) is 10.1. The van der Waals surface area contributed by atoms with Crippen LogP contribution >= 0.6 is 0 Å². The molecule has 1 aromatic carbocycles. The van der Waals surface area contributed by atoms with E-state index in [1.165, 1.54) is 48.8 Å². The topological polar surface area (TPSA) is 53.6 Å². The highest BCUT2D eigenvalue weighted by molar-refractivity contribution is 5.76. The van der Waals surface area contributed by atoms with Gasteiger partial charge in [0.05, 0.1) is 0 Å². The van der Waals surface area contributed by atoms with Crippen LogP contribution in [0.2, 0.25) is 0 Å². The highest BCUT2D eigenvalue weighted by Gasteiger charge is 2.25. The standard InChI is InChI=1S/C29H47N3O2/c1-3-34-20-11-10-18-28(25-15-8-5-9-16-25)26-17-12-19-32(23-26)29(33)31-27(22-30-2)21-24-13-6-4-7-14-24/h5,8-9,15-16,24,27,30H,3-4,6-7,10-14,17-23H2,1-2H3,(H,31,33)/b28-26+/t27-/m0/s1. The zero-order valence-electron chi connectivity index (χ0n) is 21.6. The van der Waals surface area contributed by atoms with E-state index in [-0.39, 0.29) is 12.1 Å². The number of carbonyl (C=O) groups is 1. The fraction of sp³-hybridized carbons (Fsp3) is 0.690. The van der Waals surface area contributed by atoms with Crippen LogP contribution in [0.25, 0.3) is 5.57 Å². The number of likely N-dealkylation sites (N-methyl/N-ethyl adjacent to an activating group) is 1. The lowest BCUT2D eigenvalue weighted by molar-refractivity contribution is 0.144. The number of benzene rings is 1. The van der Waals surface area contributed by atoms with E-state index in [1.54, 1.807) is 0 Å². The van der Waals surface area contributed by atoms with Crippen LogP contribution in [0.1, 0.15) is 83.1 Å². The van der Waals surface area contributed by atoms with E-state index < -0.39 is 0 Å². The molecule has 5 nitrogen and oxygen atoms in total. The number of rotatable bonds is 12. The van der Waals surface area contributed by atoms with Crippen molar-refractivity contribution in [3.63, 3.8) is 0 Å². The molecule has 0 bridgehead atoms. The molecular formula is C29H47N3O2.